The fourth-order valence-corrected chi connectivity index (χ4v) is 3.52. The zero-order valence-electron chi connectivity index (χ0n) is 10.2. The third kappa shape index (κ3) is 2.50. The summed E-state index contributed by atoms with van der Waals surface area (Å²) in [4.78, 5) is 27.7. The maximum atomic E-state index is 12.0. The molecule has 0 atom stereocenters. The van der Waals surface area contributed by atoms with Crippen LogP contribution in [0.2, 0.25) is 0 Å². The number of aryl methyl sites for hydroxylation is 2. The summed E-state index contributed by atoms with van der Waals surface area (Å²) < 4.78 is 0. The Bertz CT molecular complexity index is 534. The fraction of sp³-hybridized carbons (Fsp3) is 0.333. The van der Waals surface area contributed by atoms with E-state index in [2.05, 4.69) is 0 Å². The van der Waals surface area contributed by atoms with Gasteiger partial charge in [0.25, 0.3) is 11.1 Å². The molecule has 2 N–H and O–H groups in total. The second-order valence-corrected chi connectivity index (χ2v) is 6.44. The van der Waals surface area contributed by atoms with Gasteiger partial charge in [-0.2, -0.15) is 0 Å². The molecule has 0 unspecified atom stereocenters. The topological polar surface area (TPSA) is 63.4 Å². The van der Waals surface area contributed by atoms with E-state index in [1.54, 1.807) is 17.4 Å². The average Bonchev–Trinajstić information content (AvgIpc) is 2.74. The monoisotopic (exact) mass is 282 g/mol. The first-order valence-corrected chi connectivity index (χ1v) is 7.18. The highest BCUT2D eigenvalue weighted by Gasteiger charge is 2.34. The zero-order valence-corrected chi connectivity index (χ0v) is 11.9. The van der Waals surface area contributed by atoms with Crippen molar-refractivity contribution in [1.82, 2.24) is 4.90 Å². The molecule has 1 aromatic heterocycles. The number of hydrogen-bond donors (Lipinski definition) is 1. The molecule has 1 saturated heterocycles. The summed E-state index contributed by atoms with van der Waals surface area (Å²) in [6.45, 7) is 4.61. The quantitative estimate of drug-likeness (QED) is 0.864. The lowest BCUT2D eigenvalue weighted by molar-refractivity contribution is -0.122. The van der Waals surface area contributed by atoms with Crippen LogP contribution in [0.1, 0.15) is 15.3 Å². The van der Waals surface area contributed by atoms with Crippen LogP contribution in [0.25, 0.3) is 6.08 Å². The van der Waals surface area contributed by atoms with Gasteiger partial charge in [-0.25, -0.2) is 0 Å². The van der Waals surface area contributed by atoms with Crippen LogP contribution >= 0.6 is 23.1 Å². The van der Waals surface area contributed by atoms with Crippen molar-refractivity contribution in [3.63, 3.8) is 0 Å². The molecule has 96 valence electrons. The molecule has 1 aromatic rings. The van der Waals surface area contributed by atoms with Crippen LogP contribution < -0.4 is 5.73 Å². The molecule has 18 heavy (non-hydrogen) atoms. The molecule has 2 rings (SSSR count). The minimum Gasteiger partial charge on any atom is -0.329 e. The highest BCUT2D eigenvalue weighted by atomic mass is 32.2. The van der Waals surface area contributed by atoms with Crippen LogP contribution in [0.4, 0.5) is 4.79 Å². The van der Waals surface area contributed by atoms with Crippen molar-refractivity contribution in [2.75, 3.05) is 13.1 Å². The Balaban J connectivity index is 2.27. The second-order valence-electron chi connectivity index (χ2n) is 3.99. The Morgan fingerprint density at radius 2 is 2.11 bits per heavy atom. The molecule has 2 heterocycles. The summed E-state index contributed by atoms with van der Waals surface area (Å²) in [6, 6.07) is 2.02. The smallest absolute Gasteiger partial charge is 0.293 e. The van der Waals surface area contributed by atoms with Gasteiger partial charge in [-0.15, -0.1) is 11.3 Å². The number of thioether (sulfide) groups is 1. The van der Waals surface area contributed by atoms with Gasteiger partial charge in [0.1, 0.15) is 0 Å². The molecule has 1 aliphatic heterocycles. The number of carbonyl (C=O) groups is 2. The predicted octanol–water partition coefficient (Wildman–Crippen LogP) is 2.36. The largest absolute Gasteiger partial charge is 0.329 e. The lowest BCUT2D eigenvalue weighted by Gasteiger charge is -2.09. The molecular formula is C12H14N2O2S2. The van der Waals surface area contributed by atoms with Gasteiger partial charge >= 0.3 is 0 Å². The Morgan fingerprint density at radius 3 is 2.67 bits per heavy atom. The molecule has 1 aliphatic rings. The SMILES string of the molecule is Cc1cc(/C=C2\SC(=O)N(CCN)C2=O)c(C)s1. The molecular weight excluding hydrogens is 268 g/mol. The van der Waals surface area contributed by atoms with Crippen LogP contribution in [-0.4, -0.2) is 29.1 Å². The maximum absolute atomic E-state index is 12.0. The molecule has 0 radical (unpaired) electrons. The summed E-state index contributed by atoms with van der Waals surface area (Å²) in [7, 11) is 0. The van der Waals surface area contributed by atoms with Crippen molar-refractivity contribution in [3.05, 3.63) is 26.3 Å². The normalized spacial score (nSPS) is 18.2. The molecule has 1 fully saturated rings. The Morgan fingerprint density at radius 1 is 1.39 bits per heavy atom. The van der Waals surface area contributed by atoms with E-state index < -0.39 is 0 Å². The number of hydrogen-bond acceptors (Lipinski definition) is 5. The maximum Gasteiger partial charge on any atom is 0.293 e. The number of amides is 2. The second kappa shape index (κ2) is 5.26. The summed E-state index contributed by atoms with van der Waals surface area (Å²) in [5.41, 5.74) is 6.40. The Hall–Kier alpha value is -1.11. The summed E-state index contributed by atoms with van der Waals surface area (Å²) in [5.74, 6) is -0.237. The Labute approximate surface area is 114 Å². The lowest BCUT2D eigenvalue weighted by Crippen LogP contribution is -2.33. The van der Waals surface area contributed by atoms with Gasteiger partial charge in [0.15, 0.2) is 0 Å². The van der Waals surface area contributed by atoms with E-state index in [9.17, 15) is 9.59 Å². The minimum absolute atomic E-state index is 0.235. The van der Waals surface area contributed by atoms with Crippen molar-refractivity contribution >= 4 is 40.3 Å². The van der Waals surface area contributed by atoms with E-state index in [0.29, 0.717) is 11.4 Å². The van der Waals surface area contributed by atoms with Crippen molar-refractivity contribution in [2.45, 2.75) is 13.8 Å². The van der Waals surface area contributed by atoms with Crippen LogP contribution in [0.5, 0.6) is 0 Å². The Kier molecular flexibility index (Phi) is 3.89. The molecule has 0 aliphatic carbocycles. The summed E-state index contributed by atoms with van der Waals surface area (Å²) in [5, 5.41) is -0.235. The van der Waals surface area contributed by atoms with Crippen LogP contribution in [0.15, 0.2) is 11.0 Å². The molecule has 0 spiro atoms. The van der Waals surface area contributed by atoms with Gasteiger partial charge in [0, 0.05) is 22.8 Å². The highest BCUT2D eigenvalue weighted by molar-refractivity contribution is 8.18. The number of imide groups is 1. The van der Waals surface area contributed by atoms with E-state index in [-0.39, 0.29) is 17.7 Å². The van der Waals surface area contributed by atoms with E-state index in [1.165, 1.54) is 9.78 Å². The molecule has 6 heteroatoms. The van der Waals surface area contributed by atoms with Gasteiger partial charge in [0.2, 0.25) is 0 Å². The molecule has 4 nitrogen and oxygen atoms in total. The van der Waals surface area contributed by atoms with E-state index >= 15 is 0 Å². The van der Waals surface area contributed by atoms with E-state index in [4.69, 9.17) is 5.73 Å². The molecule has 0 saturated carbocycles. The highest BCUT2D eigenvalue weighted by Crippen LogP contribution is 2.33. The molecule has 0 bridgehead atoms. The number of rotatable bonds is 3. The van der Waals surface area contributed by atoms with Gasteiger partial charge in [-0.1, -0.05) is 0 Å². The number of thiophene rings is 1. The van der Waals surface area contributed by atoms with Crippen LogP contribution in [0, 0.1) is 13.8 Å². The zero-order chi connectivity index (χ0) is 13.3. The van der Waals surface area contributed by atoms with Gasteiger partial charge < -0.3 is 5.73 Å². The first kappa shape index (κ1) is 13.3. The average molecular weight is 282 g/mol. The number of nitrogens with zero attached hydrogens (tertiary/aromatic N) is 1. The standard InChI is InChI=1S/C12H14N2O2S2/c1-7-5-9(8(2)17-7)6-10-11(15)14(4-3-13)12(16)18-10/h5-6H,3-4,13H2,1-2H3/b10-6-. The van der Waals surface area contributed by atoms with E-state index in [0.717, 1.165) is 22.2 Å². The fourth-order valence-electron chi connectivity index (χ4n) is 1.76. The van der Waals surface area contributed by atoms with Crippen LogP contribution in [-0.2, 0) is 4.79 Å². The first-order chi connectivity index (χ1) is 8.52. The first-order valence-electron chi connectivity index (χ1n) is 5.55. The lowest BCUT2D eigenvalue weighted by atomic mass is 10.2. The van der Waals surface area contributed by atoms with Gasteiger partial charge in [0.05, 0.1) is 4.91 Å². The minimum atomic E-state index is -0.237. The predicted molar refractivity (Wildman–Crippen MR) is 75.5 cm³/mol. The van der Waals surface area contributed by atoms with Crippen LogP contribution in [0.3, 0.4) is 0 Å². The van der Waals surface area contributed by atoms with E-state index in [1.807, 2.05) is 19.9 Å². The number of carbonyl (C=O) groups excluding carboxylic acids is 2. The molecule has 0 aromatic carbocycles. The summed E-state index contributed by atoms with van der Waals surface area (Å²) in [6.07, 6.45) is 1.79. The van der Waals surface area contributed by atoms with Crippen molar-refractivity contribution in [2.24, 2.45) is 5.73 Å². The third-order valence-corrected chi connectivity index (χ3v) is 4.48. The van der Waals surface area contributed by atoms with Crippen molar-refractivity contribution in [3.8, 4) is 0 Å². The third-order valence-electron chi connectivity index (χ3n) is 2.59. The number of nitrogens with two attached hydrogens (primary N) is 1. The van der Waals surface area contributed by atoms with Gasteiger partial charge in [-0.05, 0) is 43.3 Å². The van der Waals surface area contributed by atoms with Gasteiger partial charge in [-0.3, -0.25) is 14.5 Å². The summed E-state index contributed by atoms with van der Waals surface area (Å²) >= 11 is 2.66. The van der Waals surface area contributed by atoms with Crippen molar-refractivity contribution < 1.29 is 9.59 Å². The van der Waals surface area contributed by atoms with Crippen molar-refractivity contribution in [1.29, 1.82) is 0 Å². The molecule has 2 amide bonds.